The van der Waals surface area contributed by atoms with Crippen LogP contribution in [0.4, 0.5) is 0 Å². The third kappa shape index (κ3) is 29.6. The highest BCUT2D eigenvalue weighted by Crippen LogP contribution is 2.05. The monoisotopic (exact) mass is 202 g/mol. The topological polar surface area (TPSA) is 0 Å². The minimum Gasteiger partial charge on any atom is -0.0683 e. The van der Waals surface area contributed by atoms with Crippen LogP contribution in [0.2, 0.25) is 0 Å². The van der Waals surface area contributed by atoms with Crippen molar-refractivity contribution in [2.45, 2.75) is 75.2 Å². The van der Waals surface area contributed by atoms with Crippen LogP contribution in [0.5, 0.6) is 0 Å². The van der Waals surface area contributed by atoms with Gasteiger partial charge in [0, 0.05) is 0 Å². The molecule has 0 heterocycles. The summed E-state index contributed by atoms with van der Waals surface area (Å²) in [7, 11) is 0. The van der Waals surface area contributed by atoms with E-state index >= 15 is 0 Å². The van der Waals surface area contributed by atoms with Crippen LogP contribution in [0.15, 0.2) is 0 Å². The zero-order valence-electron chi connectivity index (χ0n) is 12.1. The molecular formula is C14H34. The summed E-state index contributed by atoms with van der Waals surface area (Å²) in [4.78, 5) is 0. The Hall–Kier alpha value is 0. The lowest BCUT2D eigenvalue weighted by Gasteiger charge is -2.05. The quantitative estimate of drug-likeness (QED) is 0.545. The molecule has 0 atom stereocenters. The summed E-state index contributed by atoms with van der Waals surface area (Å²) in [5.41, 5.74) is 0. The molecule has 0 saturated heterocycles. The number of hydrogen-bond donors (Lipinski definition) is 0. The van der Waals surface area contributed by atoms with Crippen molar-refractivity contribution in [2.75, 3.05) is 0 Å². The molecule has 0 aromatic rings. The van der Waals surface area contributed by atoms with Gasteiger partial charge in [0.15, 0.2) is 0 Å². The molecule has 0 rings (SSSR count). The van der Waals surface area contributed by atoms with E-state index in [0.717, 1.165) is 17.8 Å². The molecule has 0 aliphatic rings. The van der Waals surface area contributed by atoms with Crippen molar-refractivity contribution >= 4 is 0 Å². The summed E-state index contributed by atoms with van der Waals surface area (Å²) in [6.45, 7) is 19.7. The predicted octanol–water partition coefficient (Wildman–Crippen LogP) is 5.77. The summed E-state index contributed by atoms with van der Waals surface area (Å²) in [6, 6.07) is 0. The average molecular weight is 202 g/mol. The summed E-state index contributed by atoms with van der Waals surface area (Å²) in [5, 5.41) is 0. The highest BCUT2D eigenvalue weighted by Gasteiger charge is 1.95. The second kappa shape index (κ2) is 15.5. The molecule has 0 heteroatoms. The molecule has 0 unspecified atom stereocenters. The highest BCUT2D eigenvalue weighted by molar-refractivity contribution is 4.46. The average Bonchev–Trinajstić information content (AvgIpc) is 2.08. The fraction of sp³-hybridized carbons (Fsp3) is 1.00. The van der Waals surface area contributed by atoms with Gasteiger partial charge in [-0.25, -0.2) is 0 Å². The van der Waals surface area contributed by atoms with Crippen molar-refractivity contribution in [3.8, 4) is 0 Å². The fourth-order valence-electron chi connectivity index (χ4n) is 0.577. The molecule has 0 saturated carbocycles. The summed E-state index contributed by atoms with van der Waals surface area (Å²) in [5.74, 6) is 2.60. The van der Waals surface area contributed by atoms with Gasteiger partial charge in [0.1, 0.15) is 0 Å². The standard InChI is InChI=1S/2C6H14.C2H6/c1-5(2)6(3)4;1-4-5-6(2)3;1-2/h5-6H,1-4H3;6H,4-5H2,1-3H3;1-2H3. The van der Waals surface area contributed by atoms with Crippen LogP contribution in [-0.2, 0) is 0 Å². The fourth-order valence-corrected chi connectivity index (χ4v) is 0.577. The molecule has 0 nitrogen and oxygen atoms in total. The Balaban J connectivity index is -0.000000147. The number of rotatable bonds is 3. The predicted molar refractivity (Wildman–Crippen MR) is 70.8 cm³/mol. The lowest BCUT2D eigenvalue weighted by atomic mass is 10.0. The van der Waals surface area contributed by atoms with Crippen LogP contribution >= 0.6 is 0 Å². The highest BCUT2D eigenvalue weighted by atomic mass is 14.0. The van der Waals surface area contributed by atoms with Crippen molar-refractivity contribution < 1.29 is 0 Å². The van der Waals surface area contributed by atoms with Gasteiger partial charge in [-0.3, -0.25) is 0 Å². The molecule has 0 aliphatic carbocycles. The van der Waals surface area contributed by atoms with Crippen LogP contribution in [0.1, 0.15) is 75.2 Å². The smallest absolute Gasteiger partial charge is 0.0448 e. The minimum absolute atomic E-state index is 0.852. The van der Waals surface area contributed by atoms with Crippen molar-refractivity contribution in [3.05, 3.63) is 0 Å². The van der Waals surface area contributed by atoms with Gasteiger partial charge in [0.25, 0.3) is 0 Å². The lowest BCUT2D eigenvalue weighted by Crippen LogP contribution is -1.95. The minimum atomic E-state index is 0.852. The molecule has 0 aliphatic heterocycles. The van der Waals surface area contributed by atoms with E-state index in [1.165, 1.54) is 12.8 Å². The summed E-state index contributed by atoms with van der Waals surface area (Å²) >= 11 is 0. The molecule has 0 amide bonds. The van der Waals surface area contributed by atoms with Gasteiger partial charge in [-0.2, -0.15) is 0 Å². The van der Waals surface area contributed by atoms with Crippen molar-refractivity contribution in [1.82, 2.24) is 0 Å². The van der Waals surface area contributed by atoms with Gasteiger partial charge in [0.2, 0.25) is 0 Å². The van der Waals surface area contributed by atoms with Crippen LogP contribution in [0, 0.1) is 17.8 Å². The van der Waals surface area contributed by atoms with E-state index in [4.69, 9.17) is 0 Å². The largest absolute Gasteiger partial charge is 0.0683 e. The molecule has 0 spiro atoms. The van der Waals surface area contributed by atoms with Crippen LogP contribution in [0.25, 0.3) is 0 Å². The Labute approximate surface area is 93.5 Å². The van der Waals surface area contributed by atoms with Crippen molar-refractivity contribution in [3.63, 3.8) is 0 Å². The van der Waals surface area contributed by atoms with Crippen molar-refractivity contribution in [1.29, 1.82) is 0 Å². The second-order valence-electron chi connectivity index (χ2n) is 4.67. The zero-order chi connectivity index (χ0) is 12.1. The molecule has 0 fully saturated rings. The first-order valence-electron chi connectivity index (χ1n) is 6.41. The van der Waals surface area contributed by atoms with Crippen LogP contribution in [0.3, 0.4) is 0 Å². The maximum atomic E-state index is 2.25. The first kappa shape index (κ1) is 19.6. The third-order valence-electron chi connectivity index (χ3n) is 2.20. The molecule has 0 bridgehead atoms. The zero-order valence-corrected chi connectivity index (χ0v) is 12.1. The molecule has 90 valence electrons. The molecular weight excluding hydrogens is 168 g/mol. The van der Waals surface area contributed by atoms with Gasteiger partial charge in [-0.05, 0) is 17.8 Å². The normalized spacial score (nSPS) is 9.43. The Bertz CT molecular complexity index is 64.1. The SMILES string of the molecule is CC.CC(C)C(C)C.CCCC(C)C. The molecule has 14 heavy (non-hydrogen) atoms. The van der Waals surface area contributed by atoms with Gasteiger partial charge < -0.3 is 0 Å². The second-order valence-corrected chi connectivity index (χ2v) is 4.67. The Morgan fingerprint density at radius 2 is 1.00 bits per heavy atom. The lowest BCUT2D eigenvalue weighted by molar-refractivity contribution is 0.457. The molecule has 0 N–H and O–H groups in total. The molecule has 0 aromatic carbocycles. The van der Waals surface area contributed by atoms with E-state index in [1.54, 1.807) is 0 Å². The Morgan fingerprint density at radius 1 is 0.714 bits per heavy atom. The summed E-state index contributed by atoms with van der Waals surface area (Å²) in [6.07, 6.45) is 2.71. The van der Waals surface area contributed by atoms with E-state index < -0.39 is 0 Å². The van der Waals surface area contributed by atoms with Crippen molar-refractivity contribution in [2.24, 2.45) is 17.8 Å². The Kier molecular flexibility index (Phi) is 21.6. The molecule has 0 radical (unpaired) electrons. The first-order valence-corrected chi connectivity index (χ1v) is 6.41. The van der Waals surface area contributed by atoms with E-state index in [-0.39, 0.29) is 0 Å². The first-order chi connectivity index (χ1) is 6.41. The van der Waals surface area contributed by atoms with Crippen LogP contribution in [-0.4, -0.2) is 0 Å². The van der Waals surface area contributed by atoms with Gasteiger partial charge >= 0.3 is 0 Å². The number of hydrogen-bond acceptors (Lipinski definition) is 0. The maximum absolute atomic E-state index is 2.25. The van der Waals surface area contributed by atoms with E-state index in [1.807, 2.05) is 13.8 Å². The Morgan fingerprint density at radius 3 is 1.00 bits per heavy atom. The summed E-state index contributed by atoms with van der Waals surface area (Å²) < 4.78 is 0. The van der Waals surface area contributed by atoms with Crippen LogP contribution < -0.4 is 0 Å². The van der Waals surface area contributed by atoms with Gasteiger partial charge in [0.05, 0.1) is 0 Å². The van der Waals surface area contributed by atoms with E-state index in [9.17, 15) is 0 Å². The van der Waals surface area contributed by atoms with E-state index in [2.05, 4.69) is 48.5 Å². The van der Waals surface area contributed by atoms with Gasteiger partial charge in [-0.15, -0.1) is 0 Å². The maximum Gasteiger partial charge on any atom is -0.0448 e. The third-order valence-corrected chi connectivity index (χ3v) is 2.20. The van der Waals surface area contributed by atoms with E-state index in [0.29, 0.717) is 0 Å². The molecule has 0 aromatic heterocycles. The van der Waals surface area contributed by atoms with Gasteiger partial charge in [-0.1, -0.05) is 75.2 Å².